The minimum atomic E-state index is 0.309. The Hall–Kier alpha value is 0.580. The van der Waals surface area contributed by atoms with Gasteiger partial charge in [-0.25, -0.2) is 0 Å². The highest BCUT2D eigenvalue weighted by atomic mass is 35.5. The smallest absolute Gasteiger partial charge is 0.0347 e. The second-order valence-electron chi connectivity index (χ2n) is 3.28. The summed E-state index contributed by atoms with van der Waals surface area (Å²) < 4.78 is 0. The van der Waals surface area contributed by atoms with Gasteiger partial charge in [-0.3, -0.25) is 0 Å². The molecule has 0 radical (unpaired) electrons. The lowest BCUT2D eigenvalue weighted by molar-refractivity contribution is 0.590. The van der Waals surface area contributed by atoms with Gasteiger partial charge in [0.1, 0.15) is 0 Å². The Morgan fingerprint density at radius 3 is 2.25 bits per heavy atom. The molecular weight excluding hydrogens is 191 g/mol. The third-order valence-electron chi connectivity index (χ3n) is 2.04. The number of hydrogen-bond acceptors (Lipinski definition) is 0. The minimum absolute atomic E-state index is 0.309. The SMILES string of the molecule is CCCCCCCC(Cl)CCCl. The molecule has 0 heterocycles. The summed E-state index contributed by atoms with van der Waals surface area (Å²) in [5, 5.41) is 0.309. The summed E-state index contributed by atoms with van der Waals surface area (Å²) in [6, 6.07) is 0. The zero-order valence-electron chi connectivity index (χ0n) is 7.99. The van der Waals surface area contributed by atoms with Crippen LogP contribution in [0.15, 0.2) is 0 Å². The minimum Gasteiger partial charge on any atom is -0.127 e. The quantitative estimate of drug-likeness (QED) is 0.407. The van der Waals surface area contributed by atoms with Gasteiger partial charge in [0.15, 0.2) is 0 Å². The van der Waals surface area contributed by atoms with Crippen LogP contribution in [0.3, 0.4) is 0 Å². The van der Waals surface area contributed by atoms with Crippen molar-refractivity contribution in [3.8, 4) is 0 Å². The standard InChI is InChI=1S/C10H20Cl2/c1-2-3-4-5-6-7-10(12)8-9-11/h10H,2-9H2,1H3. The molecule has 0 rings (SSSR count). The van der Waals surface area contributed by atoms with Gasteiger partial charge < -0.3 is 0 Å². The average molecular weight is 211 g/mol. The third-order valence-corrected chi connectivity index (χ3v) is 2.70. The molecule has 1 atom stereocenters. The molecule has 0 saturated heterocycles. The lowest BCUT2D eigenvalue weighted by atomic mass is 10.1. The molecule has 0 aromatic carbocycles. The van der Waals surface area contributed by atoms with E-state index in [1.165, 1.54) is 32.1 Å². The molecule has 0 aliphatic heterocycles. The van der Waals surface area contributed by atoms with Crippen molar-refractivity contribution in [3.05, 3.63) is 0 Å². The lowest BCUT2D eigenvalue weighted by Crippen LogP contribution is -1.98. The molecule has 2 heteroatoms. The van der Waals surface area contributed by atoms with E-state index in [1.807, 2.05) is 0 Å². The Labute approximate surface area is 86.6 Å². The number of unbranched alkanes of at least 4 members (excludes halogenated alkanes) is 4. The largest absolute Gasteiger partial charge is 0.127 e. The molecular formula is C10H20Cl2. The first-order valence-electron chi connectivity index (χ1n) is 5.01. The van der Waals surface area contributed by atoms with E-state index < -0.39 is 0 Å². The van der Waals surface area contributed by atoms with Crippen LogP contribution in [0.1, 0.15) is 51.9 Å². The summed E-state index contributed by atoms with van der Waals surface area (Å²) in [5.74, 6) is 0.698. The van der Waals surface area contributed by atoms with Gasteiger partial charge in [-0.1, -0.05) is 39.0 Å². The molecule has 0 N–H and O–H groups in total. The van der Waals surface area contributed by atoms with Crippen LogP contribution in [-0.4, -0.2) is 11.3 Å². The van der Waals surface area contributed by atoms with E-state index in [9.17, 15) is 0 Å². The average Bonchev–Trinajstić information content (AvgIpc) is 2.05. The maximum atomic E-state index is 6.01. The van der Waals surface area contributed by atoms with Crippen molar-refractivity contribution >= 4 is 23.2 Å². The maximum absolute atomic E-state index is 6.01. The normalized spacial score (nSPS) is 13.2. The van der Waals surface area contributed by atoms with Crippen LogP contribution in [0.5, 0.6) is 0 Å². The molecule has 0 fully saturated rings. The van der Waals surface area contributed by atoms with Crippen molar-refractivity contribution in [2.24, 2.45) is 0 Å². The molecule has 0 aromatic heterocycles. The molecule has 1 unspecified atom stereocenters. The molecule has 0 saturated carbocycles. The zero-order valence-corrected chi connectivity index (χ0v) is 9.50. The fourth-order valence-electron chi connectivity index (χ4n) is 1.23. The van der Waals surface area contributed by atoms with Crippen molar-refractivity contribution in [2.45, 2.75) is 57.2 Å². The second kappa shape index (κ2) is 9.67. The summed E-state index contributed by atoms with van der Waals surface area (Å²) in [7, 11) is 0. The van der Waals surface area contributed by atoms with Crippen LogP contribution in [0.2, 0.25) is 0 Å². The van der Waals surface area contributed by atoms with E-state index in [-0.39, 0.29) is 0 Å². The molecule has 0 aromatic rings. The molecule has 0 nitrogen and oxygen atoms in total. The molecule has 12 heavy (non-hydrogen) atoms. The highest BCUT2D eigenvalue weighted by molar-refractivity contribution is 6.22. The van der Waals surface area contributed by atoms with Crippen molar-refractivity contribution in [3.63, 3.8) is 0 Å². The maximum Gasteiger partial charge on any atom is 0.0347 e. The van der Waals surface area contributed by atoms with E-state index in [4.69, 9.17) is 23.2 Å². The van der Waals surface area contributed by atoms with E-state index in [2.05, 4.69) is 6.92 Å². The van der Waals surface area contributed by atoms with Crippen LogP contribution < -0.4 is 0 Å². The molecule has 0 spiro atoms. The fourth-order valence-corrected chi connectivity index (χ4v) is 1.87. The van der Waals surface area contributed by atoms with Crippen molar-refractivity contribution in [1.29, 1.82) is 0 Å². The predicted molar refractivity (Wildman–Crippen MR) is 58.4 cm³/mol. The van der Waals surface area contributed by atoms with Gasteiger partial charge in [0, 0.05) is 11.3 Å². The van der Waals surface area contributed by atoms with Gasteiger partial charge in [-0.05, 0) is 12.8 Å². The fraction of sp³-hybridized carbons (Fsp3) is 1.00. The first-order chi connectivity index (χ1) is 5.81. The van der Waals surface area contributed by atoms with E-state index in [0.29, 0.717) is 11.3 Å². The van der Waals surface area contributed by atoms with Crippen LogP contribution in [0.25, 0.3) is 0 Å². The van der Waals surface area contributed by atoms with Crippen LogP contribution in [-0.2, 0) is 0 Å². The van der Waals surface area contributed by atoms with Crippen molar-refractivity contribution in [1.82, 2.24) is 0 Å². The number of rotatable bonds is 8. The van der Waals surface area contributed by atoms with Gasteiger partial charge in [0.2, 0.25) is 0 Å². The Kier molecular flexibility index (Phi) is 10.1. The summed E-state index contributed by atoms with van der Waals surface area (Å²) >= 11 is 11.6. The first-order valence-corrected chi connectivity index (χ1v) is 5.98. The second-order valence-corrected chi connectivity index (χ2v) is 4.27. The Balaban J connectivity index is 2.97. The summed E-state index contributed by atoms with van der Waals surface area (Å²) in [4.78, 5) is 0. The topological polar surface area (TPSA) is 0 Å². The van der Waals surface area contributed by atoms with Crippen LogP contribution >= 0.6 is 23.2 Å². The van der Waals surface area contributed by atoms with Gasteiger partial charge in [0.05, 0.1) is 0 Å². The van der Waals surface area contributed by atoms with Gasteiger partial charge in [-0.15, -0.1) is 23.2 Å². The number of halogens is 2. The van der Waals surface area contributed by atoms with Crippen molar-refractivity contribution < 1.29 is 0 Å². The van der Waals surface area contributed by atoms with Gasteiger partial charge in [0.25, 0.3) is 0 Å². The monoisotopic (exact) mass is 210 g/mol. The van der Waals surface area contributed by atoms with Gasteiger partial charge >= 0.3 is 0 Å². The zero-order chi connectivity index (χ0) is 9.23. The number of hydrogen-bond donors (Lipinski definition) is 0. The molecule has 0 bridgehead atoms. The van der Waals surface area contributed by atoms with Crippen LogP contribution in [0.4, 0.5) is 0 Å². The van der Waals surface area contributed by atoms with E-state index in [0.717, 1.165) is 12.8 Å². The van der Waals surface area contributed by atoms with Crippen molar-refractivity contribution in [2.75, 3.05) is 5.88 Å². The summed E-state index contributed by atoms with van der Waals surface area (Å²) in [5.41, 5.74) is 0. The summed E-state index contributed by atoms with van der Waals surface area (Å²) in [6.45, 7) is 2.23. The predicted octanol–water partition coefficient (Wildman–Crippen LogP) is 4.58. The van der Waals surface area contributed by atoms with Gasteiger partial charge in [-0.2, -0.15) is 0 Å². The third kappa shape index (κ3) is 8.67. The highest BCUT2D eigenvalue weighted by Gasteiger charge is 2.02. The van der Waals surface area contributed by atoms with E-state index in [1.54, 1.807) is 0 Å². The first kappa shape index (κ1) is 12.6. The highest BCUT2D eigenvalue weighted by Crippen LogP contribution is 2.14. The molecule has 74 valence electrons. The van der Waals surface area contributed by atoms with E-state index >= 15 is 0 Å². The summed E-state index contributed by atoms with van der Waals surface area (Å²) in [6.07, 6.45) is 8.73. The Morgan fingerprint density at radius 2 is 1.67 bits per heavy atom. The molecule has 0 amide bonds. The Morgan fingerprint density at radius 1 is 1.00 bits per heavy atom. The molecule has 0 aliphatic rings. The van der Waals surface area contributed by atoms with Crippen LogP contribution in [0, 0.1) is 0 Å². The lowest BCUT2D eigenvalue weighted by Gasteiger charge is -2.06. The number of alkyl halides is 2. The Bertz CT molecular complexity index is 83.9. The molecule has 0 aliphatic carbocycles.